The van der Waals surface area contributed by atoms with Gasteiger partial charge in [0.15, 0.2) is 5.96 Å². The smallest absolute Gasteiger partial charge is 0.191 e. The molecule has 0 aliphatic carbocycles. The quantitative estimate of drug-likeness (QED) is 0.282. The summed E-state index contributed by atoms with van der Waals surface area (Å²) in [6.07, 6.45) is 1.13. The SMILES string of the molecule is CN=C(NCCNC(C)(C)C)NC1CCN(c2ccccc2)C1.I. The van der Waals surface area contributed by atoms with Crippen LogP contribution < -0.4 is 20.9 Å². The van der Waals surface area contributed by atoms with Gasteiger partial charge in [-0.15, -0.1) is 24.0 Å². The third kappa shape index (κ3) is 7.25. The monoisotopic (exact) mass is 445 g/mol. The van der Waals surface area contributed by atoms with Crippen molar-refractivity contribution in [3.63, 3.8) is 0 Å². The van der Waals surface area contributed by atoms with Crippen molar-refractivity contribution in [2.24, 2.45) is 4.99 Å². The van der Waals surface area contributed by atoms with Gasteiger partial charge in [-0.05, 0) is 39.3 Å². The predicted molar refractivity (Wildman–Crippen MR) is 115 cm³/mol. The lowest BCUT2D eigenvalue weighted by Gasteiger charge is -2.22. The summed E-state index contributed by atoms with van der Waals surface area (Å²) >= 11 is 0. The van der Waals surface area contributed by atoms with E-state index >= 15 is 0 Å². The molecule has 1 saturated heterocycles. The molecule has 24 heavy (non-hydrogen) atoms. The van der Waals surface area contributed by atoms with Crippen molar-refractivity contribution in [2.75, 3.05) is 38.1 Å². The highest BCUT2D eigenvalue weighted by atomic mass is 127. The number of halogens is 1. The first-order chi connectivity index (χ1) is 11.0. The Morgan fingerprint density at radius 1 is 1.21 bits per heavy atom. The topological polar surface area (TPSA) is 51.7 Å². The van der Waals surface area contributed by atoms with Crippen LogP contribution in [0, 0.1) is 0 Å². The number of guanidine groups is 1. The largest absolute Gasteiger partial charge is 0.369 e. The highest BCUT2D eigenvalue weighted by Gasteiger charge is 2.23. The number of hydrogen-bond acceptors (Lipinski definition) is 3. The highest BCUT2D eigenvalue weighted by Crippen LogP contribution is 2.19. The van der Waals surface area contributed by atoms with Gasteiger partial charge < -0.3 is 20.9 Å². The fourth-order valence-electron chi connectivity index (χ4n) is 2.76. The molecule has 6 heteroatoms. The van der Waals surface area contributed by atoms with Gasteiger partial charge in [0.05, 0.1) is 0 Å². The molecule has 1 aliphatic rings. The first-order valence-corrected chi connectivity index (χ1v) is 8.50. The highest BCUT2D eigenvalue weighted by molar-refractivity contribution is 14.0. The Kier molecular flexibility index (Phi) is 8.83. The van der Waals surface area contributed by atoms with Crippen LogP contribution in [0.2, 0.25) is 0 Å². The minimum Gasteiger partial charge on any atom is -0.369 e. The zero-order chi connectivity index (χ0) is 16.7. The van der Waals surface area contributed by atoms with E-state index in [9.17, 15) is 0 Å². The third-order valence-corrected chi connectivity index (χ3v) is 3.95. The van der Waals surface area contributed by atoms with Crippen LogP contribution in [0.3, 0.4) is 0 Å². The average molecular weight is 445 g/mol. The molecule has 1 aliphatic heterocycles. The fraction of sp³-hybridized carbons (Fsp3) is 0.611. The summed E-state index contributed by atoms with van der Waals surface area (Å²) in [6, 6.07) is 11.0. The molecule has 136 valence electrons. The van der Waals surface area contributed by atoms with E-state index in [2.05, 4.69) is 76.9 Å². The van der Waals surface area contributed by atoms with Crippen LogP contribution in [0.25, 0.3) is 0 Å². The first-order valence-electron chi connectivity index (χ1n) is 8.50. The van der Waals surface area contributed by atoms with Gasteiger partial charge in [0.25, 0.3) is 0 Å². The summed E-state index contributed by atoms with van der Waals surface area (Å²) in [6.45, 7) is 10.4. The molecule has 1 fully saturated rings. The van der Waals surface area contributed by atoms with Crippen LogP contribution in [-0.4, -0.2) is 50.8 Å². The second-order valence-corrected chi connectivity index (χ2v) is 7.09. The number of benzene rings is 1. The van der Waals surface area contributed by atoms with Crippen molar-refractivity contribution in [3.05, 3.63) is 30.3 Å². The predicted octanol–water partition coefficient (Wildman–Crippen LogP) is 2.44. The lowest BCUT2D eigenvalue weighted by molar-refractivity contribution is 0.428. The van der Waals surface area contributed by atoms with Gasteiger partial charge in [-0.2, -0.15) is 0 Å². The Morgan fingerprint density at radius 2 is 1.92 bits per heavy atom. The van der Waals surface area contributed by atoms with Crippen LogP contribution in [0.1, 0.15) is 27.2 Å². The number of hydrogen-bond donors (Lipinski definition) is 3. The van der Waals surface area contributed by atoms with Crippen molar-refractivity contribution in [1.29, 1.82) is 0 Å². The molecule has 1 unspecified atom stereocenters. The van der Waals surface area contributed by atoms with Crippen LogP contribution in [-0.2, 0) is 0 Å². The van der Waals surface area contributed by atoms with Crippen LogP contribution in [0.5, 0.6) is 0 Å². The lowest BCUT2D eigenvalue weighted by atomic mass is 10.1. The van der Waals surface area contributed by atoms with Crippen LogP contribution in [0.15, 0.2) is 35.3 Å². The Bertz CT molecular complexity index is 498. The molecule has 5 nitrogen and oxygen atoms in total. The molecule has 0 radical (unpaired) electrons. The molecule has 0 spiro atoms. The van der Waals surface area contributed by atoms with Crippen molar-refractivity contribution >= 4 is 35.6 Å². The van der Waals surface area contributed by atoms with E-state index in [4.69, 9.17) is 0 Å². The van der Waals surface area contributed by atoms with Gasteiger partial charge in [-0.1, -0.05) is 18.2 Å². The Balaban J connectivity index is 0.00000288. The van der Waals surface area contributed by atoms with Gasteiger partial charge in [0, 0.05) is 50.5 Å². The summed E-state index contributed by atoms with van der Waals surface area (Å²) in [5, 5.41) is 10.4. The number of nitrogens with zero attached hydrogens (tertiary/aromatic N) is 2. The molecule has 1 heterocycles. The third-order valence-electron chi connectivity index (χ3n) is 3.95. The maximum absolute atomic E-state index is 4.33. The minimum atomic E-state index is 0. The lowest BCUT2D eigenvalue weighted by Crippen LogP contribution is -2.47. The zero-order valence-corrected chi connectivity index (χ0v) is 17.6. The molecular weight excluding hydrogens is 413 g/mol. The Morgan fingerprint density at radius 3 is 2.54 bits per heavy atom. The normalized spacial score (nSPS) is 18.2. The number of aliphatic imine (C=N–C) groups is 1. The van der Waals surface area contributed by atoms with Crippen molar-refractivity contribution in [3.8, 4) is 0 Å². The maximum atomic E-state index is 4.33. The van der Waals surface area contributed by atoms with Crippen LogP contribution in [0.4, 0.5) is 5.69 Å². The Labute approximate surface area is 163 Å². The summed E-state index contributed by atoms with van der Waals surface area (Å²) < 4.78 is 0. The van der Waals surface area contributed by atoms with E-state index in [1.165, 1.54) is 5.69 Å². The second kappa shape index (κ2) is 10.1. The molecule has 0 bridgehead atoms. The maximum Gasteiger partial charge on any atom is 0.191 e. The molecule has 1 aromatic rings. The molecular formula is C18H32IN5. The Hall–Kier alpha value is -1.02. The van der Waals surface area contributed by atoms with E-state index < -0.39 is 0 Å². The van der Waals surface area contributed by atoms with E-state index in [0.717, 1.165) is 38.6 Å². The second-order valence-electron chi connectivity index (χ2n) is 7.09. The number of rotatable bonds is 5. The minimum absolute atomic E-state index is 0. The molecule has 1 atom stereocenters. The van der Waals surface area contributed by atoms with E-state index in [-0.39, 0.29) is 29.5 Å². The van der Waals surface area contributed by atoms with Gasteiger partial charge in [-0.3, -0.25) is 4.99 Å². The summed E-state index contributed by atoms with van der Waals surface area (Å²) in [5.41, 5.74) is 1.45. The van der Waals surface area contributed by atoms with E-state index in [1.807, 2.05) is 7.05 Å². The van der Waals surface area contributed by atoms with E-state index in [0.29, 0.717) is 6.04 Å². The van der Waals surface area contributed by atoms with Crippen molar-refractivity contribution in [1.82, 2.24) is 16.0 Å². The number of para-hydroxylation sites is 1. The molecule has 0 amide bonds. The van der Waals surface area contributed by atoms with Crippen LogP contribution >= 0.6 is 24.0 Å². The standard InChI is InChI=1S/C18H31N5.HI/c1-18(2,3)21-12-11-20-17(19-4)22-15-10-13-23(14-15)16-8-6-5-7-9-16;/h5-9,15,21H,10-14H2,1-4H3,(H2,19,20,22);1H. The van der Waals surface area contributed by atoms with E-state index in [1.54, 1.807) is 0 Å². The summed E-state index contributed by atoms with van der Waals surface area (Å²) in [4.78, 5) is 6.75. The summed E-state index contributed by atoms with van der Waals surface area (Å²) in [7, 11) is 1.83. The molecule has 3 N–H and O–H groups in total. The summed E-state index contributed by atoms with van der Waals surface area (Å²) in [5.74, 6) is 0.889. The number of nitrogens with one attached hydrogen (secondary N) is 3. The molecule has 1 aromatic carbocycles. The van der Waals surface area contributed by atoms with Crippen molar-refractivity contribution in [2.45, 2.75) is 38.8 Å². The van der Waals surface area contributed by atoms with Crippen molar-refractivity contribution < 1.29 is 0 Å². The zero-order valence-electron chi connectivity index (χ0n) is 15.3. The van der Waals surface area contributed by atoms with Gasteiger partial charge in [-0.25, -0.2) is 0 Å². The van der Waals surface area contributed by atoms with Gasteiger partial charge in [0.2, 0.25) is 0 Å². The fourth-order valence-corrected chi connectivity index (χ4v) is 2.76. The van der Waals surface area contributed by atoms with Gasteiger partial charge >= 0.3 is 0 Å². The first kappa shape index (κ1) is 21.0. The average Bonchev–Trinajstić information content (AvgIpc) is 2.99. The molecule has 0 saturated carbocycles. The van der Waals surface area contributed by atoms with Gasteiger partial charge in [0.1, 0.15) is 0 Å². The number of anilines is 1. The molecule has 2 rings (SSSR count). The molecule has 0 aromatic heterocycles.